The number of halogens is 2. The van der Waals surface area contributed by atoms with Crippen LogP contribution in [0.1, 0.15) is 11.9 Å². The first-order valence-corrected chi connectivity index (χ1v) is 5.56. The summed E-state index contributed by atoms with van der Waals surface area (Å²) in [5.74, 6) is -0.0702. The van der Waals surface area contributed by atoms with Crippen LogP contribution in [0.25, 0.3) is 11.4 Å². The summed E-state index contributed by atoms with van der Waals surface area (Å²) in [7, 11) is 0. The summed E-state index contributed by atoms with van der Waals surface area (Å²) in [5.41, 5.74) is 5.99. The Morgan fingerprint density at radius 2 is 2.24 bits per heavy atom. The van der Waals surface area contributed by atoms with E-state index in [9.17, 15) is 4.39 Å². The molecule has 90 valence electrons. The molecule has 0 unspecified atom stereocenters. The molecule has 17 heavy (non-hydrogen) atoms. The minimum absolute atomic E-state index is 0.114. The molecule has 0 saturated heterocycles. The molecule has 1 aromatic carbocycles. The van der Waals surface area contributed by atoms with Gasteiger partial charge in [-0.05, 0) is 18.2 Å². The van der Waals surface area contributed by atoms with E-state index in [-0.39, 0.29) is 18.3 Å². The topological polar surface area (TPSA) is 85.2 Å². The van der Waals surface area contributed by atoms with Gasteiger partial charge in [-0.2, -0.15) is 4.98 Å². The number of nitrogens with zero attached hydrogens (tertiary/aromatic N) is 2. The van der Waals surface area contributed by atoms with E-state index in [1.807, 2.05) is 0 Å². The van der Waals surface area contributed by atoms with Crippen LogP contribution in [0.15, 0.2) is 27.2 Å². The second kappa shape index (κ2) is 4.91. The highest BCUT2D eigenvalue weighted by Gasteiger charge is 2.15. The SMILES string of the molecule is N[C@@H](CO)c1nc(-c2cc(F)cc(Br)c2)no1. The molecule has 0 aliphatic heterocycles. The Labute approximate surface area is 105 Å². The van der Waals surface area contributed by atoms with Crippen LogP contribution in [0.4, 0.5) is 4.39 Å². The first-order valence-electron chi connectivity index (χ1n) is 4.76. The van der Waals surface area contributed by atoms with Gasteiger partial charge in [-0.1, -0.05) is 21.1 Å². The molecule has 2 rings (SSSR count). The summed E-state index contributed by atoms with van der Waals surface area (Å²) >= 11 is 3.17. The average molecular weight is 302 g/mol. The van der Waals surface area contributed by atoms with Gasteiger partial charge in [0, 0.05) is 10.0 Å². The van der Waals surface area contributed by atoms with Gasteiger partial charge in [0.15, 0.2) is 0 Å². The van der Waals surface area contributed by atoms with Gasteiger partial charge in [-0.15, -0.1) is 0 Å². The number of aliphatic hydroxyl groups is 1. The zero-order chi connectivity index (χ0) is 12.4. The Morgan fingerprint density at radius 1 is 1.47 bits per heavy atom. The van der Waals surface area contributed by atoms with Crippen LogP contribution in [0, 0.1) is 5.82 Å². The Balaban J connectivity index is 2.36. The predicted octanol–water partition coefficient (Wildman–Crippen LogP) is 1.63. The molecule has 2 aromatic rings. The minimum atomic E-state index is -0.728. The Bertz CT molecular complexity index is 512. The van der Waals surface area contributed by atoms with Crippen LogP contribution >= 0.6 is 15.9 Å². The smallest absolute Gasteiger partial charge is 0.246 e. The monoisotopic (exact) mass is 301 g/mol. The number of hydrogen-bond acceptors (Lipinski definition) is 5. The van der Waals surface area contributed by atoms with Crippen LogP contribution in [0.5, 0.6) is 0 Å². The van der Waals surface area contributed by atoms with Gasteiger partial charge in [-0.25, -0.2) is 4.39 Å². The number of benzene rings is 1. The normalized spacial score (nSPS) is 12.7. The fourth-order valence-electron chi connectivity index (χ4n) is 1.26. The van der Waals surface area contributed by atoms with Crippen LogP contribution in [-0.2, 0) is 0 Å². The summed E-state index contributed by atoms with van der Waals surface area (Å²) < 4.78 is 18.6. The number of aromatic nitrogens is 2. The Kier molecular flexibility index (Phi) is 3.51. The van der Waals surface area contributed by atoms with Crippen molar-refractivity contribution in [3.05, 3.63) is 34.4 Å². The highest BCUT2D eigenvalue weighted by atomic mass is 79.9. The molecule has 7 heteroatoms. The van der Waals surface area contributed by atoms with Crippen molar-refractivity contribution in [2.24, 2.45) is 5.73 Å². The van der Waals surface area contributed by atoms with Crippen molar-refractivity contribution in [3.63, 3.8) is 0 Å². The maximum Gasteiger partial charge on any atom is 0.246 e. The van der Waals surface area contributed by atoms with Crippen molar-refractivity contribution in [2.45, 2.75) is 6.04 Å². The largest absolute Gasteiger partial charge is 0.394 e. The van der Waals surface area contributed by atoms with Crippen molar-refractivity contribution in [3.8, 4) is 11.4 Å². The van der Waals surface area contributed by atoms with Crippen LogP contribution in [0.2, 0.25) is 0 Å². The van der Waals surface area contributed by atoms with E-state index in [1.165, 1.54) is 12.1 Å². The van der Waals surface area contributed by atoms with E-state index in [0.29, 0.717) is 10.0 Å². The lowest BCUT2D eigenvalue weighted by Gasteiger charge is -1.99. The Hall–Kier alpha value is -1.31. The van der Waals surface area contributed by atoms with Gasteiger partial charge in [0.25, 0.3) is 0 Å². The molecule has 1 atom stereocenters. The molecule has 0 aliphatic rings. The lowest BCUT2D eigenvalue weighted by atomic mass is 10.2. The third kappa shape index (κ3) is 2.68. The molecule has 0 saturated carbocycles. The van der Waals surface area contributed by atoms with Gasteiger partial charge >= 0.3 is 0 Å². The molecule has 0 amide bonds. The quantitative estimate of drug-likeness (QED) is 0.900. The molecule has 1 aromatic heterocycles. The number of aliphatic hydroxyl groups excluding tert-OH is 1. The molecule has 5 nitrogen and oxygen atoms in total. The van der Waals surface area contributed by atoms with E-state index in [1.54, 1.807) is 6.07 Å². The molecule has 0 fully saturated rings. The molecule has 0 radical (unpaired) electrons. The number of rotatable bonds is 3. The van der Waals surface area contributed by atoms with E-state index < -0.39 is 11.9 Å². The Morgan fingerprint density at radius 3 is 2.88 bits per heavy atom. The van der Waals surface area contributed by atoms with Gasteiger partial charge in [0.2, 0.25) is 11.7 Å². The van der Waals surface area contributed by atoms with Crippen LogP contribution in [-0.4, -0.2) is 21.9 Å². The first kappa shape index (κ1) is 12.2. The van der Waals surface area contributed by atoms with E-state index in [4.69, 9.17) is 15.4 Å². The maximum atomic E-state index is 13.2. The molecule has 3 N–H and O–H groups in total. The molecule has 0 spiro atoms. The molecular weight excluding hydrogens is 293 g/mol. The van der Waals surface area contributed by atoms with Crippen LogP contribution < -0.4 is 5.73 Å². The second-order valence-electron chi connectivity index (χ2n) is 3.40. The summed E-state index contributed by atoms with van der Waals surface area (Å²) in [6.07, 6.45) is 0. The third-order valence-corrected chi connectivity index (χ3v) is 2.53. The van der Waals surface area contributed by atoms with Crippen molar-refractivity contribution < 1.29 is 14.0 Å². The lowest BCUT2D eigenvalue weighted by molar-refractivity contribution is 0.237. The van der Waals surface area contributed by atoms with E-state index in [0.717, 1.165) is 0 Å². The predicted molar refractivity (Wildman–Crippen MR) is 61.4 cm³/mol. The van der Waals surface area contributed by atoms with E-state index >= 15 is 0 Å². The van der Waals surface area contributed by atoms with Gasteiger partial charge < -0.3 is 15.4 Å². The summed E-state index contributed by atoms with van der Waals surface area (Å²) in [5, 5.41) is 12.5. The maximum absolute atomic E-state index is 13.2. The minimum Gasteiger partial charge on any atom is -0.394 e. The zero-order valence-electron chi connectivity index (χ0n) is 8.60. The fraction of sp³-hybridized carbons (Fsp3) is 0.200. The lowest BCUT2D eigenvalue weighted by Crippen LogP contribution is -2.14. The third-order valence-electron chi connectivity index (χ3n) is 2.08. The number of hydrogen-bond donors (Lipinski definition) is 2. The zero-order valence-corrected chi connectivity index (χ0v) is 10.2. The van der Waals surface area contributed by atoms with Crippen molar-refractivity contribution in [2.75, 3.05) is 6.61 Å². The summed E-state index contributed by atoms with van der Waals surface area (Å²) in [6, 6.07) is 3.53. The van der Waals surface area contributed by atoms with E-state index in [2.05, 4.69) is 26.1 Å². The summed E-state index contributed by atoms with van der Waals surface area (Å²) in [6.45, 7) is -0.297. The molecular formula is C10H9BrFN3O2. The van der Waals surface area contributed by atoms with Gasteiger partial charge in [0.1, 0.15) is 11.9 Å². The average Bonchev–Trinajstić information content (AvgIpc) is 2.76. The van der Waals surface area contributed by atoms with Gasteiger partial charge in [0.05, 0.1) is 6.61 Å². The highest BCUT2D eigenvalue weighted by Crippen LogP contribution is 2.23. The second-order valence-corrected chi connectivity index (χ2v) is 4.32. The molecule has 1 heterocycles. The molecule has 0 bridgehead atoms. The van der Waals surface area contributed by atoms with Crippen LogP contribution in [0.3, 0.4) is 0 Å². The van der Waals surface area contributed by atoms with Crippen molar-refractivity contribution >= 4 is 15.9 Å². The van der Waals surface area contributed by atoms with Crippen molar-refractivity contribution in [1.82, 2.24) is 10.1 Å². The van der Waals surface area contributed by atoms with Gasteiger partial charge in [-0.3, -0.25) is 0 Å². The standard InChI is InChI=1S/C10H9BrFN3O2/c11-6-1-5(2-7(12)3-6)9-14-10(17-15-9)8(13)4-16/h1-3,8,16H,4,13H2/t8-/m0/s1. The summed E-state index contributed by atoms with van der Waals surface area (Å²) in [4.78, 5) is 3.98. The molecule has 0 aliphatic carbocycles. The first-order chi connectivity index (χ1) is 8.10. The van der Waals surface area contributed by atoms with Crippen molar-refractivity contribution in [1.29, 1.82) is 0 Å². The number of nitrogens with two attached hydrogens (primary N) is 1. The fourth-order valence-corrected chi connectivity index (χ4v) is 1.73. The highest BCUT2D eigenvalue weighted by molar-refractivity contribution is 9.10.